The molecular formula is C17H22N2O2. The van der Waals surface area contributed by atoms with E-state index in [4.69, 9.17) is 0 Å². The number of carbonyl (C=O) groups is 2. The highest BCUT2D eigenvalue weighted by Gasteiger charge is 2.38. The molecule has 0 radical (unpaired) electrons. The normalized spacial score (nSPS) is 16.8. The number of hydrogen-bond donors (Lipinski definition) is 0. The van der Waals surface area contributed by atoms with Crippen molar-refractivity contribution in [3.8, 4) is 0 Å². The van der Waals surface area contributed by atoms with Crippen LogP contribution in [-0.4, -0.2) is 28.5 Å². The first-order valence-electron chi connectivity index (χ1n) is 7.26. The van der Waals surface area contributed by atoms with Crippen molar-refractivity contribution in [1.82, 2.24) is 5.01 Å². The molecule has 1 aliphatic heterocycles. The highest BCUT2D eigenvalue weighted by molar-refractivity contribution is 6.03. The van der Waals surface area contributed by atoms with Crippen LogP contribution in [0.15, 0.2) is 23.3 Å². The quantitative estimate of drug-likeness (QED) is 0.799. The van der Waals surface area contributed by atoms with E-state index in [1.807, 2.05) is 13.8 Å². The van der Waals surface area contributed by atoms with Gasteiger partial charge in [0.2, 0.25) is 5.91 Å². The Kier molecular flexibility index (Phi) is 4.26. The van der Waals surface area contributed by atoms with E-state index in [0.29, 0.717) is 0 Å². The first-order chi connectivity index (χ1) is 9.83. The minimum absolute atomic E-state index is 0.0912. The second kappa shape index (κ2) is 5.80. The van der Waals surface area contributed by atoms with Gasteiger partial charge in [0.25, 0.3) is 0 Å². The highest BCUT2D eigenvalue weighted by atomic mass is 16.2. The van der Waals surface area contributed by atoms with Crippen molar-refractivity contribution >= 4 is 17.9 Å². The predicted molar refractivity (Wildman–Crippen MR) is 83.3 cm³/mol. The van der Waals surface area contributed by atoms with Gasteiger partial charge < -0.3 is 4.79 Å². The van der Waals surface area contributed by atoms with Crippen LogP contribution in [0.2, 0.25) is 0 Å². The molecule has 0 spiro atoms. The molecule has 112 valence electrons. The summed E-state index contributed by atoms with van der Waals surface area (Å²) in [6.07, 6.45) is 1.97. The molecule has 0 N–H and O–H groups in total. The predicted octanol–water partition coefficient (Wildman–Crippen LogP) is 3.00. The lowest BCUT2D eigenvalue weighted by atomic mass is 9.93. The third-order valence-corrected chi connectivity index (χ3v) is 3.66. The summed E-state index contributed by atoms with van der Waals surface area (Å²) in [4.78, 5) is 22.6. The number of rotatable bonds is 4. The van der Waals surface area contributed by atoms with Gasteiger partial charge in [0.05, 0.1) is 11.3 Å². The minimum atomic E-state index is -0.340. The van der Waals surface area contributed by atoms with Crippen LogP contribution in [0, 0.1) is 13.8 Å². The Morgan fingerprint density at radius 3 is 2.48 bits per heavy atom. The van der Waals surface area contributed by atoms with Crippen molar-refractivity contribution in [3.05, 3.63) is 34.9 Å². The zero-order valence-corrected chi connectivity index (χ0v) is 13.1. The maximum Gasteiger partial charge on any atom is 0.243 e. The number of hydrazone groups is 1. The summed E-state index contributed by atoms with van der Waals surface area (Å²) in [6, 6.07) is 6.32. The monoisotopic (exact) mass is 286 g/mol. The number of aldehydes is 1. The molecule has 0 unspecified atom stereocenters. The van der Waals surface area contributed by atoms with Crippen molar-refractivity contribution in [2.45, 2.75) is 52.5 Å². The van der Waals surface area contributed by atoms with E-state index >= 15 is 0 Å². The fraction of sp³-hybridized carbons (Fsp3) is 0.471. The second-order valence-electron chi connectivity index (χ2n) is 6.32. The Bertz CT molecular complexity index is 583. The van der Waals surface area contributed by atoms with Crippen molar-refractivity contribution < 1.29 is 9.59 Å². The van der Waals surface area contributed by atoms with Crippen LogP contribution >= 0.6 is 0 Å². The lowest BCUT2D eigenvalue weighted by Crippen LogP contribution is -2.40. The van der Waals surface area contributed by atoms with E-state index in [2.05, 4.69) is 37.1 Å². The molecule has 0 atom stereocenters. The van der Waals surface area contributed by atoms with E-state index < -0.39 is 0 Å². The molecular weight excluding hydrogens is 264 g/mol. The number of hydrogen-bond acceptors (Lipinski definition) is 3. The van der Waals surface area contributed by atoms with Gasteiger partial charge in [-0.25, -0.2) is 5.01 Å². The average Bonchev–Trinajstić information content (AvgIpc) is 2.71. The third kappa shape index (κ3) is 3.38. The molecule has 2 rings (SSSR count). The minimum Gasteiger partial charge on any atom is -0.303 e. The van der Waals surface area contributed by atoms with Gasteiger partial charge in [-0.1, -0.05) is 29.3 Å². The fourth-order valence-electron chi connectivity index (χ4n) is 2.76. The molecule has 1 aliphatic rings. The largest absolute Gasteiger partial charge is 0.303 e. The lowest BCUT2D eigenvalue weighted by molar-refractivity contribution is -0.136. The van der Waals surface area contributed by atoms with Crippen LogP contribution in [0.5, 0.6) is 0 Å². The highest BCUT2D eigenvalue weighted by Crippen LogP contribution is 2.30. The Morgan fingerprint density at radius 2 is 1.90 bits per heavy atom. The maximum atomic E-state index is 12.2. The van der Waals surface area contributed by atoms with Crippen molar-refractivity contribution in [3.63, 3.8) is 0 Å². The van der Waals surface area contributed by atoms with Gasteiger partial charge in [0.15, 0.2) is 0 Å². The molecule has 1 heterocycles. The van der Waals surface area contributed by atoms with Crippen LogP contribution < -0.4 is 0 Å². The number of benzene rings is 1. The molecule has 1 aromatic rings. The Balaban J connectivity index is 2.29. The van der Waals surface area contributed by atoms with Crippen molar-refractivity contribution in [2.24, 2.45) is 5.10 Å². The molecule has 0 aliphatic carbocycles. The molecule has 21 heavy (non-hydrogen) atoms. The summed E-state index contributed by atoms with van der Waals surface area (Å²) < 4.78 is 0. The molecule has 0 bridgehead atoms. The molecule has 4 heteroatoms. The molecule has 4 nitrogen and oxygen atoms in total. The van der Waals surface area contributed by atoms with Gasteiger partial charge >= 0.3 is 0 Å². The van der Waals surface area contributed by atoms with Gasteiger partial charge in [-0.15, -0.1) is 0 Å². The number of aryl methyl sites for hydroxylation is 2. The summed E-state index contributed by atoms with van der Waals surface area (Å²) >= 11 is 0. The second-order valence-corrected chi connectivity index (χ2v) is 6.32. The molecule has 0 fully saturated rings. The zero-order valence-electron chi connectivity index (χ0n) is 13.1. The molecule has 1 amide bonds. The zero-order chi connectivity index (χ0) is 15.6. The molecule has 0 saturated carbocycles. The summed E-state index contributed by atoms with van der Waals surface area (Å²) in [7, 11) is 0. The van der Waals surface area contributed by atoms with Crippen molar-refractivity contribution in [1.29, 1.82) is 0 Å². The first-order valence-corrected chi connectivity index (χ1v) is 7.26. The van der Waals surface area contributed by atoms with E-state index in [9.17, 15) is 9.59 Å². The van der Waals surface area contributed by atoms with Gasteiger partial charge in [0, 0.05) is 19.3 Å². The van der Waals surface area contributed by atoms with Gasteiger partial charge in [-0.05, 0) is 33.3 Å². The first kappa shape index (κ1) is 15.4. The Morgan fingerprint density at radius 1 is 1.29 bits per heavy atom. The van der Waals surface area contributed by atoms with Crippen molar-refractivity contribution in [2.75, 3.05) is 0 Å². The lowest BCUT2D eigenvalue weighted by Gasteiger charge is -2.28. The topological polar surface area (TPSA) is 49.7 Å². The van der Waals surface area contributed by atoms with Crippen LogP contribution in [0.25, 0.3) is 0 Å². The fourth-order valence-corrected chi connectivity index (χ4v) is 2.76. The van der Waals surface area contributed by atoms with E-state index in [0.717, 1.165) is 24.0 Å². The van der Waals surface area contributed by atoms with E-state index in [1.54, 1.807) is 5.01 Å². The molecule has 0 saturated heterocycles. The Labute approximate surface area is 125 Å². The van der Waals surface area contributed by atoms with Crippen LogP contribution in [0.1, 0.15) is 49.8 Å². The average molecular weight is 286 g/mol. The van der Waals surface area contributed by atoms with Crippen LogP contribution in [0.3, 0.4) is 0 Å². The van der Waals surface area contributed by atoms with Gasteiger partial charge in [0.1, 0.15) is 6.29 Å². The van der Waals surface area contributed by atoms with Gasteiger partial charge in [-0.3, -0.25) is 4.79 Å². The standard InChI is InChI=1S/C17H22N2O2/c1-12-8-13(2)10-14(9-12)15-11-17(3,4)19(18-15)16(21)6-5-7-20/h7-10H,5-6,11H2,1-4H3. The number of nitrogens with zero attached hydrogens (tertiary/aromatic N) is 2. The Hall–Kier alpha value is -1.97. The third-order valence-electron chi connectivity index (χ3n) is 3.66. The summed E-state index contributed by atoms with van der Waals surface area (Å²) in [5.74, 6) is -0.0912. The smallest absolute Gasteiger partial charge is 0.243 e. The summed E-state index contributed by atoms with van der Waals surface area (Å²) in [5.41, 5.74) is 4.05. The number of amides is 1. The van der Waals surface area contributed by atoms with E-state index in [-0.39, 0.29) is 24.3 Å². The summed E-state index contributed by atoms with van der Waals surface area (Å²) in [6.45, 7) is 8.13. The van der Waals surface area contributed by atoms with Crippen LogP contribution in [-0.2, 0) is 9.59 Å². The van der Waals surface area contributed by atoms with Gasteiger partial charge in [-0.2, -0.15) is 5.10 Å². The van der Waals surface area contributed by atoms with E-state index in [1.165, 1.54) is 11.1 Å². The maximum absolute atomic E-state index is 12.2. The SMILES string of the molecule is Cc1cc(C)cc(C2=NN(C(=O)CCC=O)C(C)(C)C2)c1. The molecule has 1 aromatic carbocycles. The molecule has 0 aromatic heterocycles. The number of carbonyl (C=O) groups excluding carboxylic acids is 2. The van der Waals surface area contributed by atoms with Crippen LogP contribution in [0.4, 0.5) is 0 Å². The summed E-state index contributed by atoms with van der Waals surface area (Å²) in [5, 5.41) is 6.08.